The topological polar surface area (TPSA) is 47.0 Å². The second kappa shape index (κ2) is 6.57. The van der Waals surface area contributed by atoms with Crippen molar-refractivity contribution in [2.45, 2.75) is 52.1 Å². The number of rotatable bonds is 6. The predicted octanol–water partition coefficient (Wildman–Crippen LogP) is 3.26. The van der Waals surface area contributed by atoms with Crippen LogP contribution >= 0.6 is 0 Å². The first-order valence-corrected chi connectivity index (χ1v) is 6.96. The molecule has 0 atom stereocenters. The van der Waals surface area contributed by atoms with Crippen molar-refractivity contribution < 1.29 is 4.74 Å². The summed E-state index contributed by atoms with van der Waals surface area (Å²) >= 11 is 0. The lowest BCUT2D eigenvalue weighted by Crippen LogP contribution is -2.10. The second-order valence-electron chi connectivity index (χ2n) is 5.27. The number of hydrogen-bond acceptors (Lipinski definition) is 4. The van der Waals surface area contributed by atoms with Gasteiger partial charge in [-0.25, -0.2) is 9.97 Å². The van der Waals surface area contributed by atoms with Crippen molar-refractivity contribution in [2.24, 2.45) is 5.92 Å². The normalized spacial score (nSPS) is 16.2. The van der Waals surface area contributed by atoms with Crippen molar-refractivity contribution in [3.05, 3.63) is 12.4 Å². The molecule has 4 heteroatoms. The van der Waals surface area contributed by atoms with E-state index >= 15 is 0 Å². The fraction of sp³-hybridized carbons (Fsp3) is 0.714. The first-order chi connectivity index (χ1) is 8.74. The van der Waals surface area contributed by atoms with Crippen LogP contribution in [0.1, 0.15) is 46.0 Å². The van der Waals surface area contributed by atoms with Crippen LogP contribution < -0.4 is 10.1 Å². The SMILES string of the molecule is CC(C)Oc1cc(NCCC2CCCC2)ncn1. The number of aromatic nitrogens is 2. The van der Waals surface area contributed by atoms with Crippen LogP contribution in [0.4, 0.5) is 5.82 Å². The molecule has 1 aliphatic carbocycles. The molecule has 0 radical (unpaired) electrons. The molecule has 0 saturated heterocycles. The number of nitrogens with one attached hydrogen (secondary N) is 1. The van der Waals surface area contributed by atoms with E-state index in [9.17, 15) is 0 Å². The van der Waals surface area contributed by atoms with E-state index in [1.54, 1.807) is 6.33 Å². The maximum atomic E-state index is 5.54. The number of anilines is 1. The van der Waals surface area contributed by atoms with Gasteiger partial charge in [0, 0.05) is 12.6 Å². The summed E-state index contributed by atoms with van der Waals surface area (Å²) in [5.41, 5.74) is 0. The molecule has 1 fully saturated rings. The molecule has 1 N–H and O–H groups in total. The van der Waals surface area contributed by atoms with Gasteiger partial charge in [0.2, 0.25) is 5.88 Å². The molecule has 2 rings (SSSR count). The molecule has 4 nitrogen and oxygen atoms in total. The Kier molecular flexibility index (Phi) is 4.79. The first-order valence-electron chi connectivity index (χ1n) is 6.96. The lowest BCUT2D eigenvalue weighted by atomic mass is 10.0. The standard InChI is InChI=1S/C14H23N3O/c1-11(2)18-14-9-13(16-10-17-14)15-8-7-12-5-3-4-6-12/h9-12H,3-8H2,1-2H3,(H,15,16,17). The highest BCUT2D eigenvalue weighted by molar-refractivity contribution is 5.36. The van der Waals surface area contributed by atoms with Gasteiger partial charge in [-0.05, 0) is 26.2 Å². The van der Waals surface area contributed by atoms with Gasteiger partial charge in [0.1, 0.15) is 12.1 Å². The summed E-state index contributed by atoms with van der Waals surface area (Å²) in [6.07, 6.45) is 8.54. The molecule has 100 valence electrons. The maximum absolute atomic E-state index is 5.54. The van der Waals surface area contributed by atoms with E-state index in [0.717, 1.165) is 18.3 Å². The third-order valence-corrected chi connectivity index (χ3v) is 3.33. The van der Waals surface area contributed by atoms with E-state index < -0.39 is 0 Å². The fourth-order valence-electron chi connectivity index (χ4n) is 2.45. The van der Waals surface area contributed by atoms with Gasteiger partial charge in [0.25, 0.3) is 0 Å². The molecule has 1 aliphatic rings. The van der Waals surface area contributed by atoms with Crippen LogP contribution in [0.5, 0.6) is 5.88 Å². The van der Waals surface area contributed by atoms with Gasteiger partial charge < -0.3 is 10.1 Å². The molecule has 1 aromatic rings. The van der Waals surface area contributed by atoms with Crippen molar-refractivity contribution in [3.63, 3.8) is 0 Å². The summed E-state index contributed by atoms with van der Waals surface area (Å²) in [5, 5.41) is 3.35. The van der Waals surface area contributed by atoms with Gasteiger partial charge in [0.15, 0.2) is 0 Å². The molecule has 0 unspecified atom stereocenters. The Morgan fingerprint density at radius 2 is 2.11 bits per heavy atom. The molecular formula is C14H23N3O. The summed E-state index contributed by atoms with van der Waals surface area (Å²) in [7, 11) is 0. The third kappa shape index (κ3) is 4.17. The minimum Gasteiger partial charge on any atom is -0.475 e. The fourth-order valence-corrected chi connectivity index (χ4v) is 2.45. The Morgan fingerprint density at radius 1 is 1.33 bits per heavy atom. The molecule has 1 aromatic heterocycles. The molecule has 0 spiro atoms. The predicted molar refractivity (Wildman–Crippen MR) is 72.9 cm³/mol. The van der Waals surface area contributed by atoms with Crippen LogP contribution in [0.2, 0.25) is 0 Å². The third-order valence-electron chi connectivity index (χ3n) is 3.33. The Morgan fingerprint density at radius 3 is 2.83 bits per heavy atom. The minimum atomic E-state index is 0.145. The van der Waals surface area contributed by atoms with Crippen molar-refractivity contribution in [3.8, 4) is 5.88 Å². The monoisotopic (exact) mass is 249 g/mol. The first kappa shape index (κ1) is 13.1. The van der Waals surface area contributed by atoms with Gasteiger partial charge >= 0.3 is 0 Å². The average Bonchev–Trinajstić information content (AvgIpc) is 2.82. The summed E-state index contributed by atoms with van der Waals surface area (Å²) in [6.45, 7) is 4.98. The van der Waals surface area contributed by atoms with Crippen molar-refractivity contribution >= 4 is 5.82 Å². The van der Waals surface area contributed by atoms with Gasteiger partial charge in [-0.1, -0.05) is 25.7 Å². The molecular weight excluding hydrogens is 226 g/mol. The highest BCUT2D eigenvalue weighted by Gasteiger charge is 2.14. The zero-order valence-electron chi connectivity index (χ0n) is 11.4. The zero-order chi connectivity index (χ0) is 12.8. The van der Waals surface area contributed by atoms with Crippen molar-refractivity contribution in [1.82, 2.24) is 9.97 Å². The van der Waals surface area contributed by atoms with Gasteiger partial charge in [-0.3, -0.25) is 0 Å². The van der Waals surface area contributed by atoms with E-state index in [-0.39, 0.29) is 6.10 Å². The summed E-state index contributed by atoms with van der Waals surface area (Å²) < 4.78 is 5.54. The van der Waals surface area contributed by atoms with Gasteiger partial charge in [0.05, 0.1) is 6.10 Å². The van der Waals surface area contributed by atoms with Crippen molar-refractivity contribution in [1.29, 1.82) is 0 Å². The van der Waals surface area contributed by atoms with Crippen LogP contribution in [0.25, 0.3) is 0 Å². The Hall–Kier alpha value is -1.32. The molecule has 1 saturated carbocycles. The number of nitrogens with zero attached hydrogens (tertiary/aromatic N) is 2. The quantitative estimate of drug-likeness (QED) is 0.840. The molecule has 0 bridgehead atoms. The van der Waals surface area contributed by atoms with Crippen LogP contribution in [0.15, 0.2) is 12.4 Å². The average molecular weight is 249 g/mol. The highest BCUT2D eigenvalue weighted by Crippen LogP contribution is 2.27. The van der Waals surface area contributed by atoms with E-state index in [1.807, 2.05) is 19.9 Å². The summed E-state index contributed by atoms with van der Waals surface area (Å²) in [4.78, 5) is 8.30. The smallest absolute Gasteiger partial charge is 0.218 e. The zero-order valence-corrected chi connectivity index (χ0v) is 11.4. The molecule has 0 amide bonds. The highest BCUT2D eigenvalue weighted by atomic mass is 16.5. The van der Waals surface area contributed by atoms with Gasteiger partial charge in [-0.15, -0.1) is 0 Å². The Bertz CT molecular complexity index is 362. The minimum absolute atomic E-state index is 0.145. The van der Waals surface area contributed by atoms with E-state index in [2.05, 4.69) is 15.3 Å². The largest absolute Gasteiger partial charge is 0.475 e. The molecule has 0 aliphatic heterocycles. The van der Waals surface area contributed by atoms with E-state index in [0.29, 0.717) is 5.88 Å². The summed E-state index contributed by atoms with van der Waals surface area (Å²) in [5.74, 6) is 2.41. The van der Waals surface area contributed by atoms with Gasteiger partial charge in [-0.2, -0.15) is 0 Å². The number of hydrogen-bond donors (Lipinski definition) is 1. The Balaban J connectivity index is 1.77. The lowest BCUT2D eigenvalue weighted by molar-refractivity contribution is 0.232. The Labute approximate surface area is 109 Å². The van der Waals surface area contributed by atoms with E-state index in [4.69, 9.17) is 4.74 Å². The second-order valence-corrected chi connectivity index (χ2v) is 5.27. The summed E-state index contributed by atoms with van der Waals surface area (Å²) in [6, 6.07) is 1.87. The molecule has 0 aromatic carbocycles. The van der Waals surface area contributed by atoms with Crippen LogP contribution in [-0.4, -0.2) is 22.6 Å². The van der Waals surface area contributed by atoms with Crippen LogP contribution in [0, 0.1) is 5.92 Å². The van der Waals surface area contributed by atoms with E-state index in [1.165, 1.54) is 32.1 Å². The molecule has 1 heterocycles. The number of ether oxygens (including phenoxy) is 1. The lowest BCUT2D eigenvalue weighted by Gasteiger charge is -2.12. The van der Waals surface area contributed by atoms with Crippen LogP contribution in [0.3, 0.4) is 0 Å². The van der Waals surface area contributed by atoms with Crippen molar-refractivity contribution in [2.75, 3.05) is 11.9 Å². The maximum Gasteiger partial charge on any atom is 0.218 e. The molecule has 18 heavy (non-hydrogen) atoms. The van der Waals surface area contributed by atoms with Crippen LogP contribution in [-0.2, 0) is 0 Å².